The normalized spacial score (nSPS) is 26.1. The maximum Gasteiger partial charge on any atom is 0.306 e. The van der Waals surface area contributed by atoms with E-state index in [1.54, 1.807) is 12.3 Å². The van der Waals surface area contributed by atoms with Gasteiger partial charge in [-0.15, -0.1) is 0 Å². The van der Waals surface area contributed by atoms with Crippen molar-refractivity contribution in [3.63, 3.8) is 0 Å². The molecule has 1 aromatic heterocycles. The number of carboxylic acids is 1. The summed E-state index contributed by atoms with van der Waals surface area (Å²) in [5, 5.41) is 13.9. The van der Waals surface area contributed by atoms with Crippen molar-refractivity contribution in [2.45, 2.75) is 44.7 Å². The molecule has 10 heteroatoms. The van der Waals surface area contributed by atoms with Gasteiger partial charge in [-0.05, 0) is 84.6 Å². The molecule has 0 spiro atoms. The summed E-state index contributed by atoms with van der Waals surface area (Å²) in [7, 11) is 0. The van der Waals surface area contributed by atoms with E-state index in [1.165, 1.54) is 12.8 Å². The molecule has 3 fully saturated rings. The van der Waals surface area contributed by atoms with Gasteiger partial charge in [-0.3, -0.25) is 4.79 Å². The Morgan fingerprint density at radius 1 is 1.23 bits per heavy atom. The number of aliphatic carboxylic acids is 1. The van der Waals surface area contributed by atoms with Crippen LogP contribution in [0.3, 0.4) is 0 Å². The van der Waals surface area contributed by atoms with Crippen molar-refractivity contribution in [2.24, 2.45) is 17.8 Å². The van der Waals surface area contributed by atoms with Gasteiger partial charge in [0.05, 0.1) is 16.4 Å². The lowest BCUT2D eigenvalue weighted by atomic mass is 9.76. The predicted octanol–water partition coefficient (Wildman–Crippen LogP) is 5.73. The lowest BCUT2D eigenvalue weighted by molar-refractivity contribution is -0.147. The monoisotopic (exact) mass is 581 g/mol. The van der Waals surface area contributed by atoms with E-state index in [2.05, 4.69) is 36.0 Å². The summed E-state index contributed by atoms with van der Waals surface area (Å²) in [5.41, 5.74) is 0.954. The fourth-order valence-electron chi connectivity index (χ4n) is 5.57. The molecule has 5 rings (SSSR count). The number of hydrogen-bond acceptors (Lipinski definition) is 6. The highest BCUT2D eigenvalue weighted by Gasteiger charge is 2.42. The van der Waals surface area contributed by atoms with E-state index in [1.807, 2.05) is 19.1 Å². The molecule has 7 nitrogen and oxygen atoms in total. The molecule has 3 aliphatic rings. The average molecular weight is 583 g/mol. The summed E-state index contributed by atoms with van der Waals surface area (Å²) in [5.74, 6) is 1.97. The highest BCUT2D eigenvalue weighted by atomic mass is 79.9. The number of carboxylic acid groups (broad SMARTS) is 1. The van der Waals surface area contributed by atoms with Gasteiger partial charge in [0.15, 0.2) is 0 Å². The quantitative estimate of drug-likeness (QED) is 0.431. The first-order valence-corrected chi connectivity index (χ1v) is 13.8. The minimum atomic E-state index is -0.640. The van der Waals surface area contributed by atoms with E-state index in [-0.39, 0.29) is 12.0 Å². The summed E-state index contributed by atoms with van der Waals surface area (Å²) >= 11 is 16.0. The van der Waals surface area contributed by atoms with Crippen molar-refractivity contribution in [1.82, 2.24) is 14.9 Å². The summed E-state index contributed by atoms with van der Waals surface area (Å²) in [6.07, 6.45) is 5.86. The average Bonchev–Trinajstić information content (AvgIpc) is 2.74. The highest BCUT2D eigenvalue weighted by molar-refractivity contribution is 9.10. The molecule has 3 heterocycles. The molecule has 0 amide bonds. The molecule has 35 heavy (non-hydrogen) atoms. The highest BCUT2D eigenvalue weighted by Crippen LogP contribution is 2.38. The standard InChI is InChI=1S/C25H30BrCl2N5O2/c1-14(20-5-4-18(27)9-22(20)28)30-23-21(26)10-29-25(31-23)33-12-17(13-33)15-3-2-6-32(11-15)19-7-16(8-19)24(34)35/h4-5,9-10,14-17,19H,2-3,6-8,11-13H2,1H3,(H,34,35)(H,29,30,31)/t14-,15?,16-,19+/m1/s1. The molecular formula is C25H30BrCl2N5O2. The smallest absolute Gasteiger partial charge is 0.306 e. The van der Waals surface area contributed by atoms with Gasteiger partial charge in [0.1, 0.15) is 5.82 Å². The number of piperidine rings is 1. The topological polar surface area (TPSA) is 81.6 Å². The van der Waals surface area contributed by atoms with E-state index in [9.17, 15) is 9.90 Å². The van der Waals surface area contributed by atoms with E-state index < -0.39 is 5.97 Å². The molecule has 1 aliphatic carbocycles. The molecule has 1 unspecified atom stereocenters. The van der Waals surface area contributed by atoms with Crippen LogP contribution in [-0.4, -0.2) is 58.2 Å². The molecular weight excluding hydrogens is 553 g/mol. The second-order valence-corrected chi connectivity index (χ2v) is 11.8. The maximum atomic E-state index is 11.2. The molecule has 1 aromatic carbocycles. The van der Waals surface area contributed by atoms with Gasteiger partial charge in [-0.1, -0.05) is 29.3 Å². The van der Waals surface area contributed by atoms with Crippen molar-refractivity contribution >= 4 is 56.9 Å². The molecule has 0 bridgehead atoms. The van der Waals surface area contributed by atoms with Crippen LogP contribution >= 0.6 is 39.1 Å². The molecule has 0 radical (unpaired) electrons. The van der Waals surface area contributed by atoms with E-state index in [0.717, 1.165) is 60.8 Å². The zero-order valence-electron chi connectivity index (χ0n) is 19.6. The number of rotatable bonds is 7. The molecule has 2 aromatic rings. The fraction of sp³-hybridized carbons (Fsp3) is 0.560. The minimum Gasteiger partial charge on any atom is -0.481 e. The first kappa shape index (κ1) is 25.1. The maximum absolute atomic E-state index is 11.2. The number of hydrogen-bond donors (Lipinski definition) is 2. The van der Waals surface area contributed by atoms with Gasteiger partial charge in [0.25, 0.3) is 0 Å². The summed E-state index contributed by atoms with van der Waals surface area (Å²) < 4.78 is 0.804. The lowest BCUT2D eigenvalue weighted by Gasteiger charge is -2.50. The first-order valence-electron chi connectivity index (χ1n) is 12.2. The second kappa shape index (κ2) is 10.4. The molecule has 2 saturated heterocycles. The Balaban J connectivity index is 1.17. The number of halogens is 3. The lowest BCUT2D eigenvalue weighted by Crippen LogP contribution is -2.56. The van der Waals surface area contributed by atoms with Crippen LogP contribution in [0.25, 0.3) is 0 Å². The number of aromatic nitrogens is 2. The van der Waals surface area contributed by atoms with Crippen molar-refractivity contribution < 1.29 is 9.90 Å². The fourth-order valence-corrected chi connectivity index (χ4v) is 6.44. The van der Waals surface area contributed by atoms with Gasteiger partial charge in [-0.25, -0.2) is 4.98 Å². The van der Waals surface area contributed by atoms with E-state index >= 15 is 0 Å². The number of benzene rings is 1. The van der Waals surface area contributed by atoms with Crippen LogP contribution in [0.5, 0.6) is 0 Å². The number of carbonyl (C=O) groups is 1. The molecule has 1 saturated carbocycles. The molecule has 2 aliphatic heterocycles. The van der Waals surface area contributed by atoms with Crippen molar-refractivity contribution in [3.05, 3.63) is 44.5 Å². The third-order valence-electron chi connectivity index (χ3n) is 7.84. The van der Waals surface area contributed by atoms with Crippen LogP contribution < -0.4 is 10.2 Å². The van der Waals surface area contributed by atoms with Gasteiger partial charge < -0.3 is 20.2 Å². The van der Waals surface area contributed by atoms with Gasteiger partial charge >= 0.3 is 5.97 Å². The van der Waals surface area contributed by atoms with Crippen LogP contribution in [0, 0.1) is 17.8 Å². The summed E-state index contributed by atoms with van der Waals surface area (Å²) in [6.45, 7) is 6.15. The molecule has 188 valence electrons. The van der Waals surface area contributed by atoms with Gasteiger partial charge in [-0.2, -0.15) is 4.98 Å². The zero-order valence-corrected chi connectivity index (χ0v) is 22.7. The van der Waals surface area contributed by atoms with Crippen LogP contribution in [0.15, 0.2) is 28.9 Å². The van der Waals surface area contributed by atoms with E-state index in [4.69, 9.17) is 28.2 Å². The summed E-state index contributed by atoms with van der Waals surface area (Å²) in [4.78, 5) is 25.3. The third kappa shape index (κ3) is 5.41. The first-order chi connectivity index (χ1) is 16.8. The zero-order chi connectivity index (χ0) is 24.7. The van der Waals surface area contributed by atoms with E-state index in [0.29, 0.717) is 27.9 Å². The third-order valence-corrected chi connectivity index (χ3v) is 8.98. The Labute approximate surface area is 224 Å². The Morgan fingerprint density at radius 3 is 2.71 bits per heavy atom. The Bertz CT molecular complexity index is 1090. The summed E-state index contributed by atoms with van der Waals surface area (Å²) in [6, 6.07) is 5.91. The Hall–Kier alpha value is -1.61. The van der Waals surface area contributed by atoms with Crippen molar-refractivity contribution in [3.8, 4) is 0 Å². The number of nitrogens with one attached hydrogen (secondary N) is 1. The Kier molecular flexibility index (Phi) is 7.45. The van der Waals surface area contributed by atoms with Crippen LogP contribution in [0.2, 0.25) is 10.0 Å². The van der Waals surface area contributed by atoms with Crippen LogP contribution in [0.4, 0.5) is 11.8 Å². The van der Waals surface area contributed by atoms with Gasteiger partial charge in [0, 0.05) is 41.9 Å². The number of nitrogens with zero attached hydrogens (tertiary/aromatic N) is 4. The van der Waals surface area contributed by atoms with Gasteiger partial charge in [0.2, 0.25) is 5.95 Å². The van der Waals surface area contributed by atoms with Crippen LogP contribution in [0.1, 0.15) is 44.2 Å². The predicted molar refractivity (Wildman–Crippen MR) is 142 cm³/mol. The Morgan fingerprint density at radius 2 is 2.00 bits per heavy atom. The number of likely N-dealkylation sites (tertiary alicyclic amines) is 1. The minimum absolute atomic E-state index is 0.0524. The van der Waals surface area contributed by atoms with Crippen molar-refractivity contribution in [2.75, 3.05) is 36.4 Å². The van der Waals surface area contributed by atoms with Crippen LogP contribution in [-0.2, 0) is 4.79 Å². The molecule has 2 atom stereocenters. The number of anilines is 2. The molecule has 2 N–H and O–H groups in total. The second-order valence-electron chi connectivity index (χ2n) is 10.1. The van der Waals surface area contributed by atoms with Crippen molar-refractivity contribution in [1.29, 1.82) is 0 Å². The largest absolute Gasteiger partial charge is 0.481 e. The SMILES string of the molecule is C[C@@H](Nc1nc(N2CC(C3CCCN([C@H]4C[C@@H](C(=O)O)C4)C3)C2)ncc1Br)c1ccc(Cl)cc1Cl.